The van der Waals surface area contributed by atoms with E-state index in [1.807, 2.05) is 51.9 Å². The zero-order chi connectivity index (χ0) is 21.5. The normalized spacial score (nSPS) is 14.7. The number of piperazine rings is 1. The van der Waals surface area contributed by atoms with Gasteiger partial charge in [0.1, 0.15) is 0 Å². The molecule has 1 amide bonds. The van der Waals surface area contributed by atoms with Crippen molar-refractivity contribution in [3.05, 3.63) is 60.6 Å². The van der Waals surface area contributed by atoms with Gasteiger partial charge in [-0.3, -0.25) is 14.2 Å². The minimum Gasteiger partial charge on any atom is -0.368 e. The van der Waals surface area contributed by atoms with Crippen molar-refractivity contribution in [2.24, 2.45) is 4.99 Å². The maximum Gasteiger partial charge on any atom is 0.224 e. The summed E-state index contributed by atoms with van der Waals surface area (Å²) < 4.78 is 1.93. The van der Waals surface area contributed by atoms with Crippen LogP contribution >= 0.6 is 0 Å². The van der Waals surface area contributed by atoms with Crippen molar-refractivity contribution in [3.63, 3.8) is 0 Å². The molecule has 1 aliphatic rings. The van der Waals surface area contributed by atoms with Gasteiger partial charge in [0.15, 0.2) is 17.4 Å². The van der Waals surface area contributed by atoms with Crippen molar-refractivity contribution in [2.75, 3.05) is 44.7 Å². The number of fused-ring (bicyclic) bond motifs is 1. The third-order valence-electron chi connectivity index (χ3n) is 5.41. The summed E-state index contributed by atoms with van der Waals surface area (Å²) >= 11 is 0. The topological polar surface area (TPSA) is 90.2 Å². The van der Waals surface area contributed by atoms with Crippen LogP contribution in [0, 0.1) is 0 Å². The molecule has 3 aromatic rings. The molecule has 3 heterocycles. The second-order valence-corrected chi connectivity index (χ2v) is 7.35. The van der Waals surface area contributed by atoms with Crippen LogP contribution in [0.25, 0.3) is 5.65 Å². The summed E-state index contributed by atoms with van der Waals surface area (Å²) in [4.78, 5) is 21.1. The Balaban J connectivity index is 1.19. The number of amides is 1. The first-order valence-electron chi connectivity index (χ1n) is 10.6. The van der Waals surface area contributed by atoms with Gasteiger partial charge in [0.25, 0.3) is 0 Å². The predicted octanol–water partition coefficient (Wildman–Crippen LogP) is 1.13. The first-order chi connectivity index (χ1) is 15.2. The fourth-order valence-electron chi connectivity index (χ4n) is 3.69. The molecule has 0 saturated carbocycles. The molecule has 0 spiro atoms. The Labute approximate surface area is 181 Å². The Morgan fingerprint density at radius 3 is 2.55 bits per heavy atom. The van der Waals surface area contributed by atoms with Crippen LogP contribution in [0.15, 0.2) is 59.7 Å². The molecule has 0 aliphatic carbocycles. The highest BCUT2D eigenvalue weighted by Gasteiger charge is 2.20. The molecule has 2 aromatic heterocycles. The molecule has 1 fully saturated rings. The molecular weight excluding hydrogens is 392 g/mol. The van der Waals surface area contributed by atoms with Gasteiger partial charge in [-0.15, -0.1) is 10.2 Å². The minimum absolute atomic E-state index is 0.166. The fraction of sp³-hybridized carbons (Fsp3) is 0.364. The van der Waals surface area contributed by atoms with Gasteiger partial charge in [0.2, 0.25) is 5.91 Å². The number of anilines is 1. The number of carbonyl (C=O) groups is 1. The van der Waals surface area contributed by atoms with Gasteiger partial charge in [-0.05, 0) is 24.3 Å². The van der Waals surface area contributed by atoms with Gasteiger partial charge in [-0.1, -0.05) is 24.3 Å². The number of nitrogens with one attached hydrogen (secondary N) is 2. The summed E-state index contributed by atoms with van der Waals surface area (Å²) in [6.45, 7) is 4.23. The maximum atomic E-state index is 12.6. The molecule has 0 radical (unpaired) electrons. The molecule has 1 aromatic carbocycles. The van der Waals surface area contributed by atoms with E-state index in [0.717, 1.165) is 37.7 Å². The van der Waals surface area contributed by atoms with Gasteiger partial charge in [-0.25, -0.2) is 0 Å². The molecule has 0 atom stereocenters. The third kappa shape index (κ3) is 5.11. The number of pyridine rings is 1. The first kappa shape index (κ1) is 20.6. The van der Waals surface area contributed by atoms with Crippen LogP contribution in [-0.4, -0.2) is 71.1 Å². The van der Waals surface area contributed by atoms with E-state index < -0.39 is 0 Å². The van der Waals surface area contributed by atoms with E-state index >= 15 is 0 Å². The number of carbonyl (C=O) groups excluding carboxylic acids is 1. The van der Waals surface area contributed by atoms with Gasteiger partial charge in [0, 0.05) is 58.1 Å². The van der Waals surface area contributed by atoms with Crippen molar-refractivity contribution >= 4 is 23.2 Å². The Kier molecular flexibility index (Phi) is 6.61. The molecule has 0 bridgehead atoms. The summed E-state index contributed by atoms with van der Waals surface area (Å²) in [5.41, 5.74) is 2.02. The van der Waals surface area contributed by atoms with Crippen LogP contribution in [0.2, 0.25) is 0 Å². The van der Waals surface area contributed by atoms with E-state index in [9.17, 15) is 4.79 Å². The van der Waals surface area contributed by atoms with Crippen LogP contribution in [0.4, 0.5) is 5.69 Å². The van der Waals surface area contributed by atoms with Crippen molar-refractivity contribution in [2.45, 2.75) is 13.0 Å². The van der Waals surface area contributed by atoms with Crippen LogP contribution < -0.4 is 15.5 Å². The average Bonchev–Trinajstić information content (AvgIpc) is 3.25. The second-order valence-electron chi connectivity index (χ2n) is 7.35. The number of hydrogen-bond acceptors (Lipinski definition) is 5. The van der Waals surface area contributed by atoms with E-state index in [-0.39, 0.29) is 5.91 Å². The Bertz CT molecular complexity index is 1020. The Morgan fingerprint density at radius 1 is 1.00 bits per heavy atom. The van der Waals surface area contributed by atoms with E-state index in [1.54, 1.807) is 7.05 Å². The van der Waals surface area contributed by atoms with E-state index in [4.69, 9.17) is 0 Å². The summed E-state index contributed by atoms with van der Waals surface area (Å²) in [6, 6.07) is 16.1. The third-order valence-corrected chi connectivity index (χ3v) is 5.41. The Morgan fingerprint density at radius 2 is 1.77 bits per heavy atom. The number of aliphatic imine (C=N–C) groups is 1. The first-order valence-corrected chi connectivity index (χ1v) is 10.6. The monoisotopic (exact) mass is 420 g/mol. The van der Waals surface area contributed by atoms with Crippen molar-refractivity contribution in [1.29, 1.82) is 0 Å². The van der Waals surface area contributed by atoms with Crippen molar-refractivity contribution in [3.8, 4) is 0 Å². The number of benzene rings is 1. The number of rotatable bonds is 6. The maximum absolute atomic E-state index is 12.6. The lowest BCUT2D eigenvalue weighted by molar-refractivity contribution is -0.131. The highest BCUT2D eigenvalue weighted by atomic mass is 16.2. The molecule has 1 saturated heterocycles. The van der Waals surface area contributed by atoms with Gasteiger partial charge < -0.3 is 20.4 Å². The van der Waals surface area contributed by atoms with E-state index in [0.29, 0.717) is 25.5 Å². The standard InChI is InChI=1S/C22H28N8O/c1-23-22(25-17-20-27-26-19-9-5-6-12-30(19)20)24-11-10-21(31)29-15-13-28(14-16-29)18-7-3-2-4-8-18/h2-9,12H,10-11,13-17H2,1H3,(H2,23,24,25). The second kappa shape index (κ2) is 9.92. The van der Waals surface area contributed by atoms with Crippen LogP contribution in [-0.2, 0) is 11.3 Å². The molecular formula is C22H28N8O. The lowest BCUT2D eigenvalue weighted by Crippen LogP contribution is -2.49. The fourth-order valence-corrected chi connectivity index (χ4v) is 3.69. The van der Waals surface area contributed by atoms with Crippen molar-refractivity contribution in [1.82, 2.24) is 30.1 Å². The van der Waals surface area contributed by atoms with Crippen LogP contribution in [0.5, 0.6) is 0 Å². The number of guanidine groups is 1. The molecule has 31 heavy (non-hydrogen) atoms. The molecule has 9 nitrogen and oxygen atoms in total. The quantitative estimate of drug-likeness (QED) is 0.459. The molecule has 162 valence electrons. The van der Waals surface area contributed by atoms with Gasteiger partial charge in [0.05, 0.1) is 6.54 Å². The molecule has 4 rings (SSSR count). The number of aromatic nitrogens is 3. The molecule has 2 N–H and O–H groups in total. The predicted molar refractivity (Wildman–Crippen MR) is 121 cm³/mol. The number of para-hydroxylation sites is 1. The Hall–Kier alpha value is -3.62. The number of nitrogens with zero attached hydrogens (tertiary/aromatic N) is 6. The lowest BCUT2D eigenvalue weighted by Gasteiger charge is -2.36. The van der Waals surface area contributed by atoms with Gasteiger partial charge >= 0.3 is 0 Å². The van der Waals surface area contributed by atoms with Gasteiger partial charge in [-0.2, -0.15) is 0 Å². The molecule has 0 unspecified atom stereocenters. The van der Waals surface area contributed by atoms with Crippen molar-refractivity contribution < 1.29 is 4.79 Å². The molecule has 9 heteroatoms. The highest BCUT2D eigenvalue weighted by Crippen LogP contribution is 2.15. The summed E-state index contributed by atoms with van der Waals surface area (Å²) in [7, 11) is 1.71. The van der Waals surface area contributed by atoms with Crippen LogP contribution in [0.3, 0.4) is 0 Å². The lowest BCUT2D eigenvalue weighted by atomic mass is 10.2. The zero-order valence-corrected chi connectivity index (χ0v) is 17.7. The average molecular weight is 421 g/mol. The summed E-state index contributed by atoms with van der Waals surface area (Å²) in [6.07, 6.45) is 2.36. The van der Waals surface area contributed by atoms with Crippen LogP contribution in [0.1, 0.15) is 12.2 Å². The highest BCUT2D eigenvalue weighted by molar-refractivity contribution is 5.81. The SMILES string of the molecule is CN=C(NCCC(=O)N1CCN(c2ccccc2)CC1)NCc1nnc2ccccn12. The smallest absolute Gasteiger partial charge is 0.224 e. The van der Waals surface area contributed by atoms with E-state index in [1.165, 1.54) is 5.69 Å². The minimum atomic E-state index is 0.166. The summed E-state index contributed by atoms with van der Waals surface area (Å²) in [5.74, 6) is 1.60. The molecule has 1 aliphatic heterocycles. The summed E-state index contributed by atoms with van der Waals surface area (Å²) in [5, 5.41) is 14.8. The zero-order valence-electron chi connectivity index (χ0n) is 17.7. The van der Waals surface area contributed by atoms with E-state index in [2.05, 4.69) is 42.9 Å². The number of hydrogen-bond donors (Lipinski definition) is 2. The largest absolute Gasteiger partial charge is 0.368 e.